The Kier molecular flexibility index (Phi) is 3.69. The van der Waals surface area contributed by atoms with Crippen LogP contribution in [0.15, 0.2) is 6.07 Å². The van der Waals surface area contributed by atoms with Gasteiger partial charge in [-0.1, -0.05) is 6.92 Å². The lowest BCUT2D eigenvalue weighted by Gasteiger charge is -2.16. The molecule has 1 fully saturated rings. The van der Waals surface area contributed by atoms with Crippen molar-refractivity contribution in [1.82, 2.24) is 4.90 Å². The highest BCUT2D eigenvalue weighted by Gasteiger charge is 2.30. The van der Waals surface area contributed by atoms with Crippen LogP contribution < -0.4 is 4.90 Å². The molecule has 0 bridgehead atoms. The number of thiophene rings is 1. The van der Waals surface area contributed by atoms with E-state index in [2.05, 4.69) is 19.9 Å². The van der Waals surface area contributed by atoms with Crippen LogP contribution in [0.3, 0.4) is 0 Å². The normalized spacial score (nSPS) is 16.1. The fourth-order valence-corrected chi connectivity index (χ4v) is 3.23. The van der Waals surface area contributed by atoms with Crippen LogP contribution in [-0.4, -0.2) is 42.3 Å². The van der Waals surface area contributed by atoms with Crippen molar-refractivity contribution in [3.63, 3.8) is 0 Å². The summed E-state index contributed by atoms with van der Waals surface area (Å²) in [5, 5.41) is 9.91. The number of carbonyl (C=O) groups is 1. The predicted octanol–water partition coefficient (Wildman–Crippen LogP) is 1.85. The van der Waals surface area contributed by atoms with Gasteiger partial charge in [0.05, 0.1) is 11.6 Å². The molecule has 0 saturated carbocycles. The second-order valence-electron chi connectivity index (χ2n) is 4.19. The third-order valence-electron chi connectivity index (χ3n) is 3.06. The number of anilines is 1. The highest BCUT2D eigenvalue weighted by atomic mass is 32.1. The van der Waals surface area contributed by atoms with Gasteiger partial charge in [-0.2, -0.15) is 0 Å². The highest BCUT2D eigenvalue weighted by molar-refractivity contribution is 7.16. The molecule has 0 spiro atoms. The molecule has 5 heteroatoms. The number of carbonyl (C=O) groups excluding carboxylic acids is 1. The summed E-state index contributed by atoms with van der Waals surface area (Å²) in [5.41, 5.74) is 1.26. The zero-order valence-corrected chi connectivity index (χ0v) is 11.1. The lowest BCUT2D eigenvalue weighted by molar-refractivity contribution is 0.199. The molecule has 0 radical (unpaired) electrons. The van der Waals surface area contributed by atoms with Crippen molar-refractivity contribution < 1.29 is 9.90 Å². The summed E-state index contributed by atoms with van der Waals surface area (Å²) in [7, 11) is 0. The van der Waals surface area contributed by atoms with E-state index in [0.717, 1.165) is 18.0 Å². The van der Waals surface area contributed by atoms with Gasteiger partial charge in [0, 0.05) is 24.5 Å². The Labute approximate surface area is 105 Å². The fourth-order valence-electron chi connectivity index (χ4n) is 2.10. The zero-order chi connectivity index (χ0) is 12.4. The van der Waals surface area contributed by atoms with E-state index in [0.29, 0.717) is 13.1 Å². The third-order valence-corrected chi connectivity index (χ3v) is 4.46. The van der Waals surface area contributed by atoms with Crippen LogP contribution >= 0.6 is 11.3 Å². The minimum atomic E-state index is 0.0166. The van der Waals surface area contributed by atoms with E-state index in [1.54, 1.807) is 16.2 Å². The molecule has 1 aliphatic heterocycles. The van der Waals surface area contributed by atoms with Crippen molar-refractivity contribution in [2.75, 3.05) is 31.1 Å². The standard InChI is InChI=1S/C12H18N2O2S/c1-3-10-9(2)8-11(17-10)14-5-4-13(6-7-15)12(14)16/h8,15H,3-7H2,1-2H3. The third kappa shape index (κ3) is 2.30. The van der Waals surface area contributed by atoms with Gasteiger partial charge in [-0.25, -0.2) is 4.79 Å². The summed E-state index contributed by atoms with van der Waals surface area (Å²) >= 11 is 1.70. The van der Waals surface area contributed by atoms with Gasteiger partial charge < -0.3 is 10.0 Å². The Bertz CT molecular complexity index is 417. The second-order valence-corrected chi connectivity index (χ2v) is 5.30. The van der Waals surface area contributed by atoms with E-state index in [1.165, 1.54) is 10.4 Å². The first-order valence-corrected chi connectivity index (χ1v) is 6.75. The molecule has 1 N–H and O–H groups in total. The van der Waals surface area contributed by atoms with E-state index in [4.69, 9.17) is 5.11 Å². The van der Waals surface area contributed by atoms with Crippen LogP contribution in [0.4, 0.5) is 9.80 Å². The average molecular weight is 254 g/mol. The molecule has 17 heavy (non-hydrogen) atoms. The zero-order valence-electron chi connectivity index (χ0n) is 10.3. The number of nitrogens with zero attached hydrogens (tertiary/aromatic N) is 2. The monoisotopic (exact) mass is 254 g/mol. The number of hydrogen-bond donors (Lipinski definition) is 1. The van der Waals surface area contributed by atoms with Crippen molar-refractivity contribution >= 4 is 22.4 Å². The number of amides is 2. The Morgan fingerprint density at radius 1 is 1.47 bits per heavy atom. The number of hydrogen-bond acceptors (Lipinski definition) is 3. The van der Waals surface area contributed by atoms with Crippen molar-refractivity contribution in [1.29, 1.82) is 0 Å². The maximum atomic E-state index is 12.1. The van der Waals surface area contributed by atoms with Gasteiger partial charge in [-0.3, -0.25) is 4.90 Å². The lowest BCUT2D eigenvalue weighted by Crippen LogP contribution is -2.33. The molecule has 0 aliphatic carbocycles. The topological polar surface area (TPSA) is 43.8 Å². The number of urea groups is 1. The molecule has 1 aromatic heterocycles. The Morgan fingerprint density at radius 2 is 2.24 bits per heavy atom. The summed E-state index contributed by atoms with van der Waals surface area (Å²) < 4.78 is 0. The summed E-state index contributed by atoms with van der Waals surface area (Å²) in [6, 6.07) is 2.10. The molecule has 94 valence electrons. The molecule has 1 aromatic rings. The van der Waals surface area contributed by atoms with Gasteiger partial charge in [-0.05, 0) is 25.0 Å². The number of β-amino-alcohol motifs (C(OH)–C–C–N with tert-alkyl or cyclic N) is 1. The minimum absolute atomic E-state index is 0.0166. The Balaban J connectivity index is 2.15. The molecule has 2 heterocycles. The van der Waals surface area contributed by atoms with Crippen molar-refractivity contribution in [3.05, 3.63) is 16.5 Å². The molecular weight excluding hydrogens is 236 g/mol. The first kappa shape index (κ1) is 12.4. The molecule has 2 amide bonds. The molecular formula is C12H18N2O2S. The summed E-state index contributed by atoms with van der Waals surface area (Å²) in [4.78, 5) is 16.9. The van der Waals surface area contributed by atoms with Crippen molar-refractivity contribution in [2.24, 2.45) is 0 Å². The van der Waals surface area contributed by atoms with Crippen LogP contribution in [0.5, 0.6) is 0 Å². The molecule has 0 atom stereocenters. The van der Waals surface area contributed by atoms with Crippen molar-refractivity contribution in [2.45, 2.75) is 20.3 Å². The molecule has 0 aromatic carbocycles. The highest BCUT2D eigenvalue weighted by Crippen LogP contribution is 2.32. The number of aliphatic hydroxyl groups excluding tert-OH is 1. The SMILES string of the molecule is CCc1sc(N2CCN(CCO)C2=O)cc1C. The smallest absolute Gasteiger partial charge is 0.325 e. The summed E-state index contributed by atoms with van der Waals surface area (Å²) in [5.74, 6) is 0. The van der Waals surface area contributed by atoms with Gasteiger partial charge >= 0.3 is 6.03 Å². The van der Waals surface area contributed by atoms with Gasteiger partial charge in [0.15, 0.2) is 0 Å². The van der Waals surface area contributed by atoms with E-state index < -0.39 is 0 Å². The molecule has 1 saturated heterocycles. The quantitative estimate of drug-likeness (QED) is 0.891. The van der Waals surface area contributed by atoms with Crippen LogP contribution in [0.1, 0.15) is 17.4 Å². The first-order chi connectivity index (χ1) is 8.17. The number of aryl methyl sites for hydroxylation is 2. The summed E-state index contributed by atoms with van der Waals surface area (Å²) in [6.45, 7) is 6.11. The van der Waals surface area contributed by atoms with E-state index >= 15 is 0 Å². The first-order valence-electron chi connectivity index (χ1n) is 5.94. The summed E-state index contributed by atoms with van der Waals surface area (Å²) in [6.07, 6.45) is 1.01. The van der Waals surface area contributed by atoms with E-state index in [-0.39, 0.29) is 12.6 Å². The average Bonchev–Trinajstić information content (AvgIpc) is 2.84. The van der Waals surface area contributed by atoms with E-state index in [1.807, 2.05) is 4.90 Å². The van der Waals surface area contributed by atoms with Crippen LogP contribution in [0.2, 0.25) is 0 Å². The van der Waals surface area contributed by atoms with Gasteiger partial charge in [-0.15, -0.1) is 11.3 Å². The second kappa shape index (κ2) is 5.06. The fraction of sp³-hybridized carbons (Fsp3) is 0.583. The van der Waals surface area contributed by atoms with Crippen LogP contribution in [0, 0.1) is 6.92 Å². The van der Waals surface area contributed by atoms with Crippen molar-refractivity contribution in [3.8, 4) is 0 Å². The maximum absolute atomic E-state index is 12.1. The van der Waals surface area contributed by atoms with Gasteiger partial charge in [0.25, 0.3) is 0 Å². The molecule has 4 nitrogen and oxygen atoms in total. The van der Waals surface area contributed by atoms with Crippen LogP contribution in [-0.2, 0) is 6.42 Å². The minimum Gasteiger partial charge on any atom is -0.395 e. The Morgan fingerprint density at radius 3 is 2.82 bits per heavy atom. The molecule has 2 rings (SSSR count). The van der Waals surface area contributed by atoms with E-state index in [9.17, 15) is 4.79 Å². The van der Waals surface area contributed by atoms with Crippen LogP contribution in [0.25, 0.3) is 0 Å². The Hall–Kier alpha value is -1.07. The van der Waals surface area contributed by atoms with Gasteiger partial charge in [0.2, 0.25) is 0 Å². The maximum Gasteiger partial charge on any atom is 0.325 e. The molecule has 0 unspecified atom stereocenters. The number of rotatable bonds is 4. The predicted molar refractivity (Wildman–Crippen MR) is 69.8 cm³/mol. The molecule has 1 aliphatic rings. The van der Waals surface area contributed by atoms with Gasteiger partial charge in [0.1, 0.15) is 0 Å². The lowest BCUT2D eigenvalue weighted by atomic mass is 10.2. The largest absolute Gasteiger partial charge is 0.395 e. The number of aliphatic hydroxyl groups is 1.